The van der Waals surface area contributed by atoms with Crippen LogP contribution in [0, 0.1) is 0 Å². The molecule has 0 aliphatic carbocycles. The van der Waals surface area contributed by atoms with E-state index in [2.05, 4.69) is 9.97 Å². The summed E-state index contributed by atoms with van der Waals surface area (Å²) in [5, 5.41) is 2.73. The number of aromatic nitrogens is 2. The van der Waals surface area contributed by atoms with Gasteiger partial charge in [-0.05, 0) is 36.4 Å². The Morgan fingerprint density at radius 3 is 3.00 bits per heavy atom. The van der Waals surface area contributed by atoms with E-state index in [0.29, 0.717) is 22.6 Å². The number of nitrogens with zero attached hydrogens (tertiary/aromatic N) is 2. The van der Waals surface area contributed by atoms with E-state index in [1.807, 2.05) is 23.6 Å². The second-order valence-corrected chi connectivity index (χ2v) is 6.30. The molecule has 3 aromatic rings. The minimum atomic E-state index is -0.0625. The van der Waals surface area contributed by atoms with Gasteiger partial charge in [0.15, 0.2) is 5.78 Å². The molecule has 0 saturated carbocycles. The fraction of sp³-hybridized carbons (Fsp3) is 0.105. The lowest BCUT2D eigenvalue weighted by Crippen LogP contribution is -2.19. The summed E-state index contributed by atoms with van der Waals surface area (Å²) in [6.07, 6.45) is 3.51. The lowest BCUT2D eigenvalue weighted by atomic mass is 9.99. The zero-order valence-electron chi connectivity index (χ0n) is 13.4. The van der Waals surface area contributed by atoms with Crippen molar-refractivity contribution in [2.24, 2.45) is 0 Å². The van der Waals surface area contributed by atoms with Crippen LogP contribution in [-0.4, -0.2) is 29.5 Å². The lowest BCUT2D eigenvalue weighted by Gasteiger charge is -2.19. The first-order valence-corrected chi connectivity index (χ1v) is 8.55. The largest absolute Gasteiger partial charge is 0.497 e. The summed E-state index contributed by atoms with van der Waals surface area (Å²) in [7, 11) is 1.57. The minimum absolute atomic E-state index is 0.0625. The van der Waals surface area contributed by atoms with Gasteiger partial charge in [0.05, 0.1) is 24.1 Å². The summed E-state index contributed by atoms with van der Waals surface area (Å²) in [5.74, 6) is 1.14. The third-order valence-corrected chi connectivity index (χ3v) is 4.72. The van der Waals surface area contributed by atoms with E-state index in [0.717, 1.165) is 16.4 Å². The van der Waals surface area contributed by atoms with Crippen molar-refractivity contribution in [2.45, 2.75) is 0 Å². The van der Waals surface area contributed by atoms with Crippen LogP contribution < -0.4 is 9.47 Å². The molecule has 25 heavy (non-hydrogen) atoms. The third-order valence-electron chi connectivity index (χ3n) is 3.83. The molecule has 6 heteroatoms. The van der Waals surface area contributed by atoms with Gasteiger partial charge >= 0.3 is 0 Å². The SMILES string of the molecule is COc1ccc2c(c1)C(=O)/C(=C/c1csc(-c3ccccn3)n1)CO2. The van der Waals surface area contributed by atoms with E-state index >= 15 is 0 Å². The Labute approximate surface area is 148 Å². The molecule has 0 N–H and O–H groups in total. The molecular formula is C19H14N2O3S. The van der Waals surface area contributed by atoms with Crippen LogP contribution in [0.3, 0.4) is 0 Å². The highest BCUT2D eigenvalue weighted by molar-refractivity contribution is 7.13. The Morgan fingerprint density at radius 2 is 2.20 bits per heavy atom. The van der Waals surface area contributed by atoms with Gasteiger partial charge in [-0.15, -0.1) is 11.3 Å². The van der Waals surface area contributed by atoms with Crippen LogP contribution in [0.15, 0.2) is 53.5 Å². The molecule has 0 atom stereocenters. The molecule has 1 aliphatic heterocycles. The smallest absolute Gasteiger partial charge is 0.196 e. The topological polar surface area (TPSA) is 61.3 Å². The predicted octanol–water partition coefficient (Wildman–Crippen LogP) is 3.87. The zero-order chi connectivity index (χ0) is 17.2. The van der Waals surface area contributed by atoms with Gasteiger partial charge in [0.1, 0.15) is 23.1 Å². The average Bonchev–Trinajstić information content (AvgIpc) is 3.13. The fourth-order valence-electron chi connectivity index (χ4n) is 2.58. The highest BCUT2D eigenvalue weighted by Gasteiger charge is 2.24. The number of carbonyl (C=O) groups excluding carboxylic acids is 1. The first-order valence-electron chi connectivity index (χ1n) is 7.67. The number of ether oxygens (including phenoxy) is 2. The number of Topliss-reactive ketones (excluding diaryl/α,β-unsaturated/α-hetero) is 1. The Hall–Kier alpha value is -2.99. The summed E-state index contributed by atoms with van der Waals surface area (Å²) >= 11 is 1.49. The summed E-state index contributed by atoms with van der Waals surface area (Å²) in [6, 6.07) is 10.9. The molecule has 0 saturated heterocycles. The predicted molar refractivity (Wildman–Crippen MR) is 96.1 cm³/mol. The normalized spacial score (nSPS) is 14.9. The first kappa shape index (κ1) is 15.5. The molecule has 0 spiro atoms. The maximum absolute atomic E-state index is 12.7. The number of fused-ring (bicyclic) bond motifs is 1. The maximum Gasteiger partial charge on any atom is 0.196 e. The molecule has 1 aliphatic rings. The lowest BCUT2D eigenvalue weighted by molar-refractivity contribution is 0.100. The van der Waals surface area contributed by atoms with Crippen molar-refractivity contribution in [1.82, 2.24) is 9.97 Å². The molecule has 2 aromatic heterocycles. The number of pyridine rings is 1. The second-order valence-electron chi connectivity index (χ2n) is 5.44. The van der Waals surface area contributed by atoms with Crippen LogP contribution in [0.1, 0.15) is 16.1 Å². The highest BCUT2D eigenvalue weighted by atomic mass is 32.1. The van der Waals surface area contributed by atoms with Crippen molar-refractivity contribution in [3.63, 3.8) is 0 Å². The molecule has 0 fully saturated rings. The van der Waals surface area contributed by atoms with Crippen LogP contribution in [0.25, 0.3) is 16.8 Å². The van der Waals surface area contributed by atoms with Crippen molar-refractivity contribution >= 4 is 23.2 Å². The summed E-state index contributed by atoms with van der Waals surface area (Å²) in [4.78, 5) is 21.6. The van der Waals surface area contributed by atoms with Gasteiger partial charge in [-0.1, -0.05) is 6.07 Å². The quantitative estimate of drug-likeness (QED) is 0.671. The van der Waals surface area contributed by atoms with E-state index in [-0.39, 0.29) is 12.4 Å². The molecule has 124 valence electrons. The van der Waals surface area contributed by atoms with Crippen molar-refractivity contribution in [3.05, 3.63) is 64.8 Å². The summed E-state index contributed by atoms with van der Waals surface area (Å²) in [5.41, 5.74) is 2.62. The number of carbonyl (C=O) groups is 1. The average molecular weight is 350 g/mol. The number of rotatable bonds is 3. The van der Waals surface area contributed by atoms with Crippen molar-refractivity contribution in [3.8, 4) is 22.2 Å². The molecule has 4 rings (SSSR count). The summed E-state index contributed by atoms with van der Waals surface area (Å²) < 4.78 is 10.9. The van der Waals surface area contributed by atoms with Gasteiger partial charge in [-0.25, -0.2) is 4.98 Å². The fourth-order valence-corrected chi connectivity index (χ4v) is 3.33. The molecule has 0 bridgehead atoms. The van der Waals surface area contributed by atoms with E-state index in [1.54, 1.807) is 37.6 Å². The van der Waals surface area contributed by atoms with Crippen LogP contribution >= 0.6 is 11.3 Å². The van der Waals surface area contributed by atoms with E-state index in [9.17, 15) is 4.79 Å². The Bertz CT molecular complexity index is 964. The summed E-state index contributed by atoms with van der Waals surface area (Å²) in [6.45, 7) is 0.231. The van der Waals surface area contributed by atoms with Gasteiger partial charge in [0.25, 0.3) is 0 Å². The van der Waals surface area contributed by atoms with Gasteiger partial charge < -0.3 is 9.47 Å². The third kappa shape index (κ3) is 3.04. The van der Waals surface area contributed by atoms with Gasteiger partial charge in [-0.2, -0.15) is 0 Å². The number of benzene rings is 1. The molecule has 5 nitrogen and oxygen atoms in total. The maximum atomic E-state index is 12.7. The van der Waals surface area contributed by atoms with Crippen LogP contribution in [0.4, 0.5) is 0 Å². The first-order chi connectivity index (χ1) is 12.2. The molecule has 1 aromatic carbocycles. The molecule has 0 radical (unpaired) electrons. The molecule has 0 amide bonds. The van der Waals surface area contributed by atoms with Crippen molar-refractivity contribution in [1.29, 1.82) is 0 Å². The monoisotopic (exact) mass is 350 g/mol. The van der Waals surface area contributed by atoms with Gasteiger partial charge in [-0.3, -0.25) is 9.78 Å². The van der Waals surface area contributed by atoms with E-state index in [1.165, 1.54) is 11.3 Å². The Balaban J connectivity index is 1.64. The molecular weight excluding hydrogens is 336 g/mol. The van der Waals surface area contributed by atoms with Crippen LogP contribution in [0.5, 0.6) is 11.5 Å². The molecule has 3 heterocycles. The van der Waals surface area contributed by atoms with Gasteiger partial charge in [0.2, 0.25) is 0 Å². The number of hydrogen-bond acceptors (Lipinski definition) is 6. The Kier molecular flexibility index (Phi) is 4.03. The van der Waals surface area contributed by atoms with Crippen LogP contribution in [-0.2, 0) is 0 Å². The Morgan fingerprint density at radius 1 is 1.28 bits per heavy atom. The second kappa shape index (κ2) is 6.49. The number of methoxy groups -OCH3 is 1. The molecule has 0 unspecified atom stereocenters. The zero-order valence-corrected chi connectivity index (χ0v) is 14.2. The number of thiazole rings is 1. The standard InChI is InChI=1S/C19H14N2O3S/c1-23-14-5-6-17-15(9-14)18(22)12(10-24-17)8-13-11-25-19(21-13)16-4-2-3-7-20-16/h2-9,11H,10H2,1H3/b12-8+. The van der Waals surface area contributed by atoms with E-state index in [4.69, 9.17) is 9.47 Å². The van der Waals surface area contributed by atoms with Gasteiger partial charge in [0, 0.05) is 17.2 Å². The number of ketones is 1. The van der Waals surface area contributed by atoms with Crippen molar-refractivity contribution in [2.75, 3.05) is 13.7 Å². The van der Waals surface area contributed by atoms with Crippen molar-refractivity contribution < 1.29 is 14.3 Å². The highest BCUT2D eigenvalue weighted by Crippen LogP contribution is 2.31. The minimum Gasteiger partial charge on any atom is -0.497 e. The van der Waals surface area contributed by atoms with Crippen LogP contribution in [0.2, 0.25) is 0 Å². The van der Waals surface area contributed by atoms with E-state index < -0.39 is 0 Å². The number of hydrogen-bond donors (Lipinski definition) is 0.